The molecule has 2 aliphatic heterocycles. The minimum absolute atomic E-state index is 0.269. The molecule has 1 saturated heterocycles. The van der Waals surface area contributed by atoms with Crippen LogP contribution in [0.2, 0.25) is 0 Å². The summed E-state index contributed by atoms with van der Waals surface area (Å²) in [7, 11) is 0. The molecular formula is C9H11NO3. The summed E-state index contributed by atoms with van der Waals surface area (Å²) in [5.74, 6) is -0.538. The second kappa shape index (κ2) is 2.67. The number of rotatable bonds is 1. The van der Waals surface area contributed by atoms with Crippen LogP contribution in [0.4, 0.5) is 0 Å². The molecule has 0 N–H and O–H groups in total. The lowest BCUT2D eigenvalue weighted by Crippen LogP contribution is -2.49. The molecule has 0 bridgehead atoms. The number of ether oxygens (including phenoxy) is 1. The van der Waals surface area contributed by atoms with E-state index in [4.69, 9.17) is 4.74 Å². The van der Waals surface area contributed by atoms with Gasteiger partial charge in [0.05, 0.1) is 0 Å². The van der Waals surface area contributed by atoms with E-state index in [0.29, 0.717) is 6.61 Å². The lowest BCUT2D eigenvalue weighted by molar-refractivity contribution is -0.163. The molecule has 0 aliphatic carbocycles. The Bertz CT molecular complexity index is 271. The first kappa shape index (κ1) is 8.44. The SMILES string of the molecule is CC1(N2C(=O)C=CC2=O)CCCO1. The third kappa shape index (κ3) is 1.18. The summed E-state index contributed by atoms with van der Waals surface area (Å²) in [6, 6.07) is 0. The van der Waals surface area contributed by atoms with Crippen molar-refractivity contribution in [2.75, 3.05) is 6.61 Å². The van der Waals surface area contributed by atoms with Gasteiger partial charge in [0.25, 0.3) is 11.8 Å². The summed E-state index contributed by atoms with van der Waals surface area (Å²) in [4.78, 5) is 23.8. The second-order valence-corrected chi connectivity index (χ2v) is 3.47. The molecule has 4 nitrogen and oxygen atoms in total. The summed E-state index contributed by atoms with van der Waals surface area (Å²) in [6.07, 6.45) is 4.20. The zero-order valence-electron chi connectivity index (χ0n) is 7.45. The van der Waals surface area contributed by atoms with E-state index in [2.05, 4.69) is 0 Å². The Hall–Kier alpha value is -1.16. The Morgan fingerprint density at radius 3 is 2.46 bits per heavy atom. The molecule has 0 spiro atoms. The average molecular weight is 181 g/mol. The molecule has 2 amide bonds. The van der Waals surface area contributed by atoms with Gasteiger partial charge < -0.3 is 4.74 Å². The molecule has 4 heteroatoms. The molecule has 0 aromatic rings. The topological polar surface area (TPSA) is 46.6 Å². The summed E-state index contributed by atoms with van der Waals surface area (Å²) in [6.45, 7) is 2.40. The Balaban J connectivity index is 2.25. The minimum atomic E-state index is -0.711. The van der Waals surface area contributed by atoms with E-state index >= 15 is 0 Å². The third-order valence-electron chi connectivity index (χ3n) is 2.48. The Labute approximate surface area is 76.2 Å². The average Bonchev–Trinajstić information content (AvgIpc) is 2.60. The molecule has 1 atom stereocenters. The first-order chi connectivity index (χ1) is 6.13. The lowest BCUT2D eigenvalue weighted by atomic mass is 10.1. The van der Waals surface area contributed by atoms with E-state index in [0.717, 1.165) is 12.8 Å². The van der Waals surface area contributed by atoms with Gasteiger partial charge in [-0.15, -0.1) is 0 Å². The number of hydrogen-bond acceptors (Lipinski definition) is 3. The van der Waals surface area contributed by atoms with Crippen LogP contribution < -0.4 is 0 Å². The van der Waals surface area contributed by atoms with Gasteiger partial charge in [-0.25, -0.2) is 4.90 Å². The Morgan fingerprint density at radius 1 is 1.38 bits per heavy atom. The Morgan fingerprint density at radius 2 is 2.00 bits per heavy atom. The molecule has 70 valence electrons. The smallest absolute Gasteiger partial charge is 0.255 e. The monoisotopic (exact) mass is 181 g/mol. The Kier molecular flexibility index (Phi) is 1.73. The lowest BCUT2D eigenvalue weighted by Gasteiger charge is -2.32. The highest BCUT2D eigenvalue weighted by Crippen LogP contribution is 2.31. The van der Waals surface area contributed by atoms with Crippen molar-refractivity contribution < 1.29 is 14.3 Å². The number of imide groups is 1. The van der Waals surface area contributed by atoms with Gasteiger partial charge in [0.15, 0.2) is 0 Å². The van der Waals surface area contributed by atoms with E-state index < -0.39 is 5.72 Å². The van der Waals surface area contributed by atoms with Crippen LogP contribution in [0.15, 0.2) is 12.2 Å². The number of hydrogen-bond donors (Lipinski definition) is 0. The number of carbonyl (C=O) groups excluding carboxylic acids is 2. The van der Waals surface area contributed by atoms with Crippen molar-refractivity contribution in [3.05, 3.63) is 12.2 Å². The van der Waals surface area contributed by atoms with Gasteiger partial charge in [-0.2, -0.15) is 0 Å². The molecule has 13 heavy (non-hydrogen) atoms. The second-order valence-electron chi connectivity index (χ2n) is 3.47. The highest BCUT2D eigenvalue weighted by atomic mass is 16.5. The summed E-state index contributed by atoms with van der Waals surface area (Å²) >= 11 is 0. The fraction of sp³-hybridized carbons (Fsp3) is 0.556. The fourth-order valence-electron chi connectivity index (χ4n) is 1.81. The maximum absolute atomic E-state index is 11.3. The van der Waals surface area contributed by atoms with Crippen LogP contribution in [0.25, 0.3) is 0 Å². The van der Waals surface area contributed by atoms with Crippen molar-refractivity contribution in [3.8, 4) is 0 Å². The zero-order chi connectivity index (χ0) is 9.47. The van der Waals surface area contributed by atoms with E-state index in [1.54, 1.807) is 6.92 Å². The normalized spacial score (nSPS) is 33.5. The van der Waals surface area contributed by atoms with Gasteiger partial charge in [0.2, 0.25) is 0 Å². The van der Waals surface area contributed by atoms with Crippen LogP contribution in [0.3, 0.4) is 0 Å². The van der Waals surface area contributed by atoms with Gasteiger partial charge in [-0.3, -0.25) is 9.59 Å². The van der Waals surface area contributed by atoms with Crippen LogP contribution >= 0.6 is 0 Å². The van der Waals surface area contributed by atoms with Gasteiger partial charge in [-0.05, 0) is 19.8 Å². The molecule has 1 unspecified atom stereocenters. The van der Waals surface area contributed by atoms with Gasteiger partial charge in [0.1, 0.15) is 5.72 Å². The van der Waals surface area contributed by atoms with E-state index in [1.165, 1.54) is 17.1 Å². The maximum Gasteiger partial charge on any atom is 0.255 e. The van der Waals surface area contributed by atoms with Crippen molar-refractivity contribution in [2.45, 2.75) is 25.5 Å². The first-order valence-corrected chi connectivity index (χ1v) is 4.34. The number of amides is 2. The highest BCUT2D eigenvalue weighted by molar-refractivity contribution is 6.13. The predicted molar refractivity (Wildman–Crippen MR) is 44.6 cm³/mol. The molecule has 0 aromatic carbocycles. The van der Waals surface area contributed by atoms with Gasteiger partial charge in [-0.1, -0.05) is 0 Å². The highest BCUT2D eigenvalue weighted by Gasteiger charge is 2.43. The van der Waals surface area contributed by atoms with Gasteiger partial charge in [0, 0.05) is 18.8 Å². The first-order valence-electron chi connectivity index (χ1n) is 4.34. The van der Waals surface area contributed by atoms with Crippen LogP contribution in [0.1, 0.15) is 19.8 Å². The molecule has 2 aliphatic rings. The van der Waals surface area contributed by atoms with Crippen LogP contribution in [0, 0.1) is 0 Å². The maximum atomic E-state index is 11.3. The van der Waals surface area contributed by atoms with Crippen molar-refractivity contribution in [1.82, 2.24) is 4.90 Å². The molecule has 2 heterocycles. The minimum Gasteiger partial charge on any atom is -0.355 e. The van der Waals surface area contributed by atoms with Crippen LogP contribution in [0.5, 0.6) is 0 Å². The van der Waals surface area contributed by atoms with Crippen LogP contribution in [-0.4, -0.2) is 29.0 Å². The fourth-order valence-corrected chi connectivity index (χ4v) is 1.81. The predicted octanol–water partition coefficient (Wildman–Crippen LogP) is 0.438. The third-order valence-corrected chi connectivity index (χ3v) is 2.48. The quantitative estimate of drug-likeness (QED) is 0.551. The summed E-state index contributed by atoms with van der Waals surface area (Å²) < 4.78 is 5.41. The standard InChI is InChI=1S/C9H11NO3/c1-9(5-2-6-13-9)10-7(11)3-4-8(10)12/h3-4H,2,5-6H2,1H3. The number of nitrogens with zero attached hydrogens (tertiary/aromatic N) is 1. The molecule has 1 fully saturated rings. The summed E-state index contributed by atoms with van der Waals surface area (Å²) in [5.41, 5.74) is -0.711. The van der Waals surface area contributed by atoms with Gasteiger partial charge >= 0.3 is 0 Å². The molecule has 2 rings (SSSR count). The number of carbonyl (C=O) groups is 2. The van der Waals surface area contributed by atoms with Crippen molar-refractivity contribution in [1.29, 1.82) is 0 Å². The van der Waals surface area contributed by atoms with Crippen LogP contribution in [-0.2, 0) is 14.3 Å². The molecular weight excluding hydrogens is 170 g/mol. The van der Waals surface area contributed by atoms with Crippen molar-refractivity contribution >= 4 is 11.8 Å². The largest absolute Gasteiger partial charge is 0.355 e. The molecule has 0 radical (unpaired) electrons. The van der Waals surface area contributed by atoms with Crippen molar-refractivity contribution in [2.24, 2.45) is 0 Å². The zero-order valence-corrected chi connectivity index (χ0v) is 7.45. The van der Waals surface area contributed by atoms with E-state index in [-0.39, 0.29) is 11.8 Å². The summed E-state index contributed by atoms with van der Waals surface area (Å²) in [5, 5.41) is 0. The van der Waals surface area contributed by atoms with Crippen molar-refractivity contribution in [3.63, 3.8) is 0 Å². The van der Waals surface area contributed by atoms with E-state index in [1.807, 2.05) is 0 Å². The van der Waals surface area contributed by atoms with E-state index in [9.17, 15) is 9.59 Å². The molecule has 0 aromatic heterocycles. The molecule has 0 saturated carbocycles.